The molecular weight excluding hydrogens is 428 g/mol. The molecule has 1 aliphatic heterocycles. The number of nitriles is 1. The molecule has 162 valence electrons. The maximum absolute atomic E-state index is 12.9. The number of nitrogens with one attached hydrogen (secondary N) is 2. The number of methoxy groups -OCH3 is 1. The van der Waals surface area contributed by atoms with Gasteiger partial charge < -0.3 is 15.0 Å². The predicted octanol–water partition coefficient (Wildman–Crippen LogP) is 3.72. The SMILES string of the molecule is COc1cccc(-c2nnc(NC(=O)C3CCCN3C(=O)Nc3ccc(C#N)cc3)s2)c1. The van der Waals surface area contributed by atoms with E-state index in [0.717, 1.165) is 12.0 Å². The second kappa shape index (κ2) is 9.45. The zero-order valence-corrected chi connectivity index (χ0v) is 18.1. The van der Waals surface area contributed by atoms with E-state index in [9.17, 15) is 9.59 Å². The van der Waals surface area contributed by atoms with Gasteiger partial charge in [0.15, 0.2) is 0 Å². The molecule has 3 aromatic rings. The van der Waals surface area contributed by atoms with Crippen LogP contribution in [0.2, 0.25) is 0 Å². The lowest BCUT2D eigenvalue weighted by molar-refractivity contribution is -0.119. The number of carbonyl (C=O) groups excluding carboxylic acids is 2. The zero-order chi connectivity index (χ0) is 22.5. The lowest BCUT2D eigenvalue weighted by Gasteiger charge is -2.23. The maximum atomic E-state index is 12.9. The first kappa shape index (κ1) is 21.3. The molecule has 1 atom stereocenters. The molecule has 10 heteroatoms. The molecule has 0 saturated carbocycles. The Balaban J connectivity index is 1.40. The Morgan fingerprint density at radius 2 is 2.00 bits per heavy atom. The number of hydrogen-bond acceptors (Lipinski definition) is 7. The van der Waals surface area contributed by atoms with E-state index in [4.69, 9.17) is 10.00 Å². The number of likely N-dealkylation sites (tertiary alicyclic amines) is 1. The van der Waals surface area contributed by atoms with E-state index < -0.39 is 6.04 Å². The molecule has 3 amide bonds. The summed E-state index contributed by atoms with van der Waals surface area (Å²) in [5.74, 6) is 0.406. The third-order valence-corrected chi connectivity index (χ3v) is 5.94. The highest BCUT2D eigenvalue weighted by Crippen LogP contribution is 2.29. The van der Waals surface area contributed by atoms with Crippen molar-refractivity contribution in [2.45, 2.75) is 18.9 Å². The number of benzene rings is 2. The first-order valence-electron chi connectivity index (χ1n) is 9.94. The Morgan fingerprint density at radius 3 is 2.75 bits per heavy atom. The van der Waals surface area contributed by atoms with E-state index in [1.807, 2.05) is 30.3 Å². The Kier molecular flexibility index (Phi) is 6.28. The average molecular weight is 449 g/mol. The van der Waals surface area contributed by atoms with Crippen molar-refractivity contribution in [3.8, 4) is 22.4 Å². The fraction of sp³-hybridized carbons (Fsp3) is 0.227. The van der Waals surface area contributed by atoms with Crippen LogP contribution in [0.25, 0.3) is 10.6 Å². The summed E-state index contributed by atoms with van der Waals surface area (Å²) in [6, 6.07) is 15.1. The predicted molar refractivity (Wildman–Crippen MR) is 120 cm³/mol. The fourth-order valence-corrected chi connectivity index (χ4v) is 4.18. The van der Waals surface area contributed by atoms with Crippen LogP contribution < -0.4 is 15.4 Å². The monoisotopic (exact) mass is 448 g/mol. The second-order valence-corrected chi connectivity index (χ2v) is 8.08. The van der Waals surface area contributed by atoms with Gasteiger partial charge in [-0.25, -0.2) is 4.79 Å². The van der Waals surface area contributed by atoms with Crippen LogP contribution in [0.4, 0.5) is 15.6 Å². The van der Waals surface area contributed by atoms with Crippen molar-refractivity contribution in [1.82, 2.24) is 15.1 Å². The van der Waals surface area contributed by atoms with Gasteiger partial charge in [-0.1, -0.05) is 23.5 Å². The molecule has 1 saturated heterocycles. The molecule has 2 heterocycles. The summed E-state index contributed by atoms with van der Waals surface area (Å²) in [6.07, 6.45) is 1.29. The van der Waals surface area contributed by atoms with Crippen molar-refractivity contribution < 1.29 is 14.3 Å². The molecule has 2 N–H and O–H groups in total. The summed E-state index contributed by atoms with van der Waals surface area (Å²) in [7, 11) is 1.59. The summed E-state index contributed by atoms with van der Waals surface area (Å²) in [5.41, 5.74) is 1.91. The number of carbonyl (C=O) groups is 2. The number of amides is 3. The Morgan fingerprint density at radius 1 is 1.19 bits per heavy atom. The maximum Gasteiger partial charge on any atom is 0.322 e. The summed E-state index contributed by atoms with van der Waals surface area (Å²) in [6.45, 7) is 0.478. The molecule has 0 radical (unpaired) electrons. The van der Waals surface area contributed by atoms with Crippen LogP contribution >= 0.6 is 11.3 Å². The minimum absolute atomic E-state index is 0.300. The van der Waals surface area contributed by atoms with Crippen molar-refractivity contribution in [2.24, 2.45) is 0 Å². The molecule has 0 aliphatic carbocycles. The van der Waals surface area contributed by atoms with Crippen molar-refractivity contribution in [1.29, 1.82) is 5.26 Å². The normalized spacial score (nSPS) is 15.1. The highest BCUT2D eigenvalue weighted by molar-refractivity contribution is 7.18. The molecule has 1 fully saturated rings. The highest BCUT2D eigenvalue weighted by atomic mass is 32.1. The van der Waals surface area contributed by atoms with Gasteiger partial charge in [-0.2, -0.15) is 5.26 Å². The van der Waals surface area contributed by atoms with Crippen LogP contribution in [0, 0.1) is 11.3 Å². The molecule has 9 nitrogen and oxygen atoms in total. The molecule has 0 spiro atoms. The fourth-order valence-electron chi connectivity index (χ4n) is 3.44. The Hall–Kier alpha value is -3.97. The van der Waals surface area contributed by atoms with Gasteiger partial charge in [0, 0.05) is 17.8 Å². The van der Waals surface area contributed by atoms with Crippen molar-refractivity contribution in [2.75, 3.05) is 24.3 Å². The van der Waals surface area contributed by atoms with Crippen molar-refractivity contribution in [3.63, 3.8) is 0 Å². The molecule has 1 unspecified atom stereocenters. The number of rotatable bonds is 5. The summed E-state index contributed by atoms with van der Waals surface area (Å²) >= 11 is 1.25. The standard InChI is InChI=1S/C22H20N6O3S/c1-31-17-5-2-4-15(12-17)20-26-27-21(32-20)25-19(29)18-6-3-11-28(18)22(30)24-16-9-7-14(13-23)8-10-16/h2,4-5,7-10,12,18H,3,6,11H2,1H3,(H,24,30)(H,25,27,29). The molecule has 2 aromatic carbocycles. The minimum atomic E-state index is -0.599. The third-order valence-electron chi connectivity index (χ3n) is 5.05. The second-order valence-electron chi connectivity index (χ2n) is 7.10. The van der Waals surface area contributed by atoms with Gasteiger partial charge in [-0.15, -0.1) is 10.2 Å². The van der Waals surface area contributed by atoms with Crippen LogP contribution in [0.5, 0.6) is 5.75 Å². The van der Waals surface area contributed by atoms with Crippen molar-refractivity contribution in [3.05, 3.63) is 54.1 Å². The summed E-state index contributed by atoms with van der Waals surface area (Å²) in [5, 5.41) is 23.7. The van der Waals surface area contributed by atoms with Gasteiger partial charge in [-0.3, -0.25) is 10.1 Å². The van der Waals surface area contributed by atoms with Crippen molar-refractivity contribution >= 4 is 34.1 Å². The van der Waals surface area contributed by atoms with Gasteiger partial charge in [0.1, 0.15) is 16.8 Å². The number of anilines is 2. The van der Waals surface area contributed by atoms with E-state index in [0.29, 0.717) is 40.1 Å². The summed E-state index contributed by atoms with van der Waals surface area (Å²) < 4.78 is 5.23. The van der Waals surface area contributed by atoms with E-state index in [-0.39, 0.29) is 11.9 Å². The van der Waals surface area contributed by atoms with Gasteiger partial charge in [0.2, 0.25) is 11.0 Å². The number of hydrogen-bond donors (Lipinski definition) is 2. The van der Waals surface area contributed by atoms with E-state index in [1.54, 1.807) is 31.4 Å². The average Bonchev–Trinajstić information content (AvgIpc) is 3.49. The van der Waals surface area contributed by atoms with E-state index in [2.05, 4.69) is 20.8 Å². The molecule has 1 aromatic heterocycles. The van der Waals surface area contributed by atoms with Crippen LogP contribution in [0.3, 0.4) is 0 Å². The summed E-state index contributed by atoms with van der Waals surface area (Å²) in [4.78, 5) is 27.1. The van der Waals surface area contributed by atoms with Crippen LogP contribution in [0.1, 0.15) is 18.4 Å². The topological polar surface area (TPSA) is 120 Å². The minimum Gasteiger partial charge on any atom is -0.497 e. The number of ether oxygens (including phenoxy) is 1. The van der Waals surface area contributed by atoms with Crippen LogP contribution in [-0.2, 0) is 4.79 Å². The molecule has 32 heavy (non-hydrogen) atoms. The van der Waals surface area contributed by atoms with Gasteiger partial charge >= 0.3 is 6.03 Å². The van der Waals surface area contributed by atoms with E-state index in [1.165, 1.54) is 16.2 Å². The van der Waals surface area contributed by atoms with Gasteiger partial charge in [-0.05, 0) is 49.2 Å². The smallest absolute Gasteiger partial charge is 0.322 e. The van der Waals surface area contributed by atoms with Gasteiger partial charge in [0.25, 0.3) is 0 Å². The van der Waals surface area contributed by atoms with Crippen LogP contribution in [-0.4, -0.2) is 46.7 Å². The molecule has 4 rings (SSSR count). The highest BCUT2D eigenvalue weighted by Gasteiger charge is 2.34. The lowest BCUT2D eigenvalue weighted by Crippen LogP contribution is -2.45. The first-order chi connectivity index (χ1) is 15.6. The van der Waals surface area contributed by atoms with E-state index >= 15 is 0 Å². The van der Waals surface area contributed by atoms with Gasteiger partial charge in [0.05, 0.1) is 18.7 Å². The lowest BCUT2D eigenvalue weighted by atomic mass is 10.2. The Labute approximate surface area is 188 Å². The largest absolute Gasteiger partial charge is 0.497 e. The first-order valence-corrected chi connectivity index (χ1v) is 10.8. The third kappa shape index (κ3) is 4.68. The Bertz CT molecular complexity index is 1170. The number of nitrogens with zero attached hydrogens (tertiary/aromatic N) is 4. The zero-order valence-electron chi connectivity index (χ0n) is 17.2. The number of urea groups is 1. The molecule has 1 aliphatic rings. The molecule has 0 bridgehead atoms. The van der Waals surface area contributed by atoms with Crippen LogP contribution in [0.15, 0.2) is 48.5 Å². The number of aromatic nitrogens is 2. The quantitative estimate of drug-likeness (QED) is 0.614. The molecular formula is C22H20N6O3S.